The normalized spacial score (nSPS) is 13.1. The molecule has 0 bridgehead atoms. The van der Waals surface area contributed by atoms with Crippen LogP contribution in [0.25, 0.3) is 0 Å². The summed E-state index contributed by atoms with van der Waals surface area (Å²) in [5.74, 6) is 0. The maximum Gasteiger partial charge on any atom is 0.0107 e. The summed E-state index contributed by atoms with van der Waals surface area (Å²) < 4.78 is 0. The van der Waals surface area contributed by atoms with Gasteiger partial charge in [-0.25, -0.2) is 0 Å². The van der Waals surface area contributed by atoms with Crippen LogP contribution < -0.4 is 5.32 Å². The molecule has 1 heteroatoms. The van der Waals surface area contributed by atoms with Crippen molar-refractivity contribution in [2.45, 2.75) is 45.7 Å². The maximum atomic E-state index is 3.58. The molecule has 0 saturated heterocycles. The van der Waals surface area contributed by atoms with Gasteiger partial charge in [-0.15, -0.1) is 0 Å². The number of benzene rings is 1. The first-order valence-corrected chi connectivity index (χ1v) is 5.52. The average Bonchev–Trinajstić information content (AvgIpc) is 2.17. The van der Waals surface area contributed by atoms with Crippen LogP contribution in [0.5, 0.6) is 0 Å². The highest BCUT2D eigenvalue weighted by atomic mass is 14.9. The van der Waals surface area contributed by atoms with E-state index in [-0.39, 0.29) is 0 Å². The fourth-order valence-electron chi connectivity index (χ4n) is 1.69. The molecule has 0 fully saturated rings. The van der Waals surface area contributed by atoms with Gasteiger partial charge in [-0.3, -0.25) is 0 Å². The van der Waals surface area contributed by atoms with Crippen molar-refractivity contribution >= 4 is 0 Å². The highest BCUT2D eigenvalue weighted by Gasteiger charge is 2.07. The van der Waals surface area contributed by atoms with E-state index in [4.69, 9.17) is 0 Å². The summed E-state index contributed by atoms with van der Waals surface area (Å²) in [4.78, 5) is 0. The standard InChI is InChI=1S/C13H21N/c1-4-13(14-11(2)3)10-12-8-6-5-7-9-12/h5-9,11,13-14H,4,10H2,1-3H3. The van der Waals surface area contributed by atoms with E-state index < -0.39 is 0 Å². The zero-order valence-corrected chi connectivity index (χ0v) is 9.46. The monoisotopic (exact) mass is 191 g/mol. The summed E-state index contributed by atoms with van der Waals surface area (Å²) in [6.07, 6.45) is 2.32. The predicted molar refractivity (Wildman–Crippen MR) is 62.5 cm³/mol. The van der Waals surface area contributed by atoms with E-state index in [2.05, 4.69) is 56.4 Å². The molecule has 0 aliphatic rings. The molecule has 78 valence electrons. The number of hydrogen-bond donors (Lipinski definition) is 1. The third-order valence-electron chi connectivity index (χ3n) is 2.39. The summed E-state index contributed by atoms with van der Waals surface area (Å²) in [7, 11) is 0. The molecule has 1 atom stereocenters. The highest BCUT2D eigenvalue weighted by molar-refractivity contribution is 5.15. The summed E-state index contributed by atoms with van der Waals surface area (Å²) in [6.45, 7) is 6.64. The first kappa shape index (κ1) is 11.3. The van der Waals surface area contributed by atoms with Gasteiger partial charge >= 0.3 is 0 Å². The van der Waals surface area contributed by atoms with E-state index in [0.717, 1.165) is 6.42 Å². The van der Waals surface area contributed by atoms with Crippen LogP contribution in [0.2, 0.25) is 0 Å². The van der Waals surface area contributed by atoms with Crippen LogP contribution >= 0.6 is 0 Å². The molecule has 0 aliphatic heterocycles. The van der Waals surface area contributed by atoms with Gasteiger partial charge < -0.3 is 5.32 Å². The van der Waals surface area contributed by atoms with Crippen molar-refractivity contribution in [3.8, 4) is 0 Å². The molecule has 14 heavy (non-hydrogen) atoms. The molecule has 0 aromatic heterocycles. The molecule has 0 aliphatic carbocycles. The molecule has 1 N–H and O–H groups in total. The zero-order chi connectivity index (χ0) is 10.4. The third kappa shape index (κ3) is 3.93. The van der Waals surface area contributed by atoms with Crippen molar-refractivity contribution < 1.29 is 0 Å². The molecule has 1 rings (SSSR count). The van der Waals surface area contributed by atoms with E-state index in [9.17, 15) is 0 Å². The summed E-state index contributed by atoms with van der Waals surface area (Å²) >= 11 is 0. The minimum Gasteiger partial charge on any atom is -0.311 e. The maximum absolute atomic E-state index is 3.58. The van der Waals surface area contributed by atoms with Crippen LogP contribution in [-0.2, 0) is 6.42 Å². The lowest BCUT2D eigenvalue weighted by molar-refractivity contribution is 0.449. The molecular weight excluding hydrogens is 170 g/mol. The Morgan fingerprint density at radius 3 is 2.29 bits per heavy atom. The van der Waals surface area contributed by atoms with Crippen LogP contribution in [0.15, 0.2) is 30.3 Å². The van der Waals surface area contributed by atoms with Crippen molar-refractivity contribution in [3.63, 3.8) is 0 Å². The number of nitrogens with one attached hydrogen (secondary N) is 1. The Kier molecular flexibility index (Phi) is 4.68. The second-order valence-corrected chi connectivity index (χ2v) is 4.12. The van der Waals surface area contributed by atoms with Crippen LogP contribution in [0, 0.1) is 0 Å². The smallest absolute Gasteiger partial charge is 0.0107 e. The SMILES string of the molecule is CCC(Cc1ccccc1)NC(C)C. The Balaban J connectivity index is 2.48. The summed E-state index contributed by atoms with van der Waals surface area (Å²) in [5.41, 5.74) is 1.42. The summed E-state index contributed by atoms with van der Waals surface area (Å²) in [6, 6.07) is 11.9. The first-order valence-electron chi connectivity index (χ1n) is 5.52. The van der Waals surface area contributed by atoms with E-state index in [0.29, 0.717) is 12.1 Å². The van der Waals surface area contributed by atoms with Crippen LogP contribution in [-0.4, -0.2) is 12.1 Å². The van der Waals surface area contributed by atoms with Gasteiger partial charge in [-0.1, -0.05) is 51.1 Å². The topological polar surface area (TPSA) is 12.0 Å². The Hall–Kier alpha value is -0.820. The molecular formula is C13H21N. The van der Waals surface area contributed by atoms with Crippen molar-refractivity contribution in [3.05, 3.63) is 35.9 Å². The van der Waals surface area contributed by atoms with Gasteiger partial charge in [0.2, 0.25) is 0 Å². The lowest BCUT2D eigenvalue weighted by Gasteiger charge is -2.19. The fourth-order valence-corrected chi connectivity index (χ4v) is 1.69. The molecule has 1 nitrogen and oxygen atoms in total. The molecule has 0 heterocycles. The van der Waals surface area contributed by atoms with E-state index in [1.165, 1.54) is 12.0 Å². The van der Waals surface area contributed by atoms with Crippen molar-refractivity contribution in [1.29, 1.82) is 0 Å². The molecule has 0 saturated carbocycles. The van der Waals surface area contributed by atoms with Gasteiger partial charge in [-0.05, 0) is 18.4 Å². The van der Waals surface area contributed by atoms with E-state index in [1.807, 2.05) is 0 Å². The van der Waals surface area contributed by atoms with Crippen LogP contribution in [0.4, 0.5) is 0 Å². The predicted octanol–water partition coefficient (Wildman–Crippen LogP) is 3.01. The second-order valence-electron chi connectivity index (χ2n) is 4.12. The van der Waals surface area contributed by atoms with Crippen LogP contribution in [0.1, 0.15) is 32.8 Å². The van der Waals surface area contributed by atoms with Crippen molar-refractivity contribution in [2.75, 3.05) is 0 Å². The molecule has 1 aromatic carbocycles. The molecule has 0 amide bonds. The third-order valence-corrected chi connectivity index (χ3v) is 2.39. The van der Waals surface area contributed by atoms with E-state index >= 15 is 0 Å². The Morgan fingerprint density at radius 1 is 1.14 bits per heavy atom. The fraction of sp³-hybridized carbons (Fsp3) is 0.538. The molecule has 0 radical (unpaired) electrons. The largest absolute Gasteiger partial charge is 0.311 e. The summed E-state index contributed by atoms with van der Waals surface area (Å²) in [5, 5.41) is 3.58. The quantitative estimate of drug-likeness (QED) is 0.754. The van der Waals surface area contributed by atoms with Gasteiger partial charge in [0, 0.05) is 12.1 Å². The molecule has 1 unspecified atom stereocenters. The van der Waals surface area contributed by atoms with Gasteiger partial charge in [0.05, 0.1) is 0 Å². The lowest BCUT2D eigenvalue weighted by Crippen LogP contribution is -2.35. The van der Waals surface area contributed by atoms with Gasteiger partial charge in [0.25, 0.3) is 0 Å². The Morgan fingerprint density at radius 2 is 1.79 bits per heavy atom. The molecule has 0 spiro atoms. The van der Waals surface area contributed by atoms with Crippen LogP contribution in [0.3, 0.4) is 0 Å². The minimum absolute atomic E-state index is 0.573. The molecule has 1 aromatic rings. The van der Waals surface area contributed by atoms with Gasteiger partial charge in [0.1, 0.15) is 0 Å². The Labute approximate surface area is 87.5 Å². The van der Waals surface area contributed by atoms with Crippen molar-refractivity contribution in [2.24, 2.45) is 0 Å². The first-order chi connectivity index (χ1) is 6.72. The van der Waals surface area contributed by atoms with E-state index in [1.54, 1.807) is 0 Å². The second kappa shape index (κ2) is 5.82. The lowest BCUT2D eigenvalue weighted by atomic mass is 10.0. The average molecular weight is 191 g/mol. The Bertz CT molecular complexity index is 241. The van der Waals surface area contributed by atoms with Gasteiger partial charge in [-0.2, -0.15) is 0 Å². The number of rotatable bonds is 5. The highest BCUT2D eigenvalue weighted by Crippen LogP contribution is 2.06. The number of hydrogen-bond acceptors (Lipinski definition) is 1. The zero-order valence-electron chi connectivity index (χ0n) is 9.46. The minimum atomic E-state index is 0.573. The van der Waals surface area contributed by atoms with Gasteiger partial charge in [0.15, 0.2) is 0 Å². The van der Waals surface area contributed by atoms with Crippen molar-refractivity contribution in [1.82, 2.24) is 5.32 Å².